The molecule has 6 heteroatoms. The summed E-state index contributed by atoms with van der Waals surface area (Å²) in [5.41, 5.74) is 7.94. The zero-order chi connectivity index (χ0) is 38.0. The molecule has 4 aromatic carbocycles. The maximum Gasteiger partial charge on any atom is 0.239 e. The Hall–Kier alpha value is -4.26. The number of amides is 2. The summed E-state index contributed by atoms with van der Waals surface area (Å²) in [4.78, 5) is 31.0. The Morgan fingerprint density at radius 2 is 0.865 bits per heavy atom. The summed E-state index contributed by atoms with van der Waals surface area (Å²) >= 11 is 0. The molecule has 0 aromatic heterocycles. The van der Waals surface area contributed by atoms with Crippen LogP contribution < -0.4 is 5.73 Å². The lowest BCUT2D eigenvalue weighted by Crippen LogP contribution is -2.67. The number of carbonyl (C=O) groups is 2. The van der Waals surface area contributed by atoms with Gasteiger partial charge in [0.05, 0.1) is 12.1 Å². The van der Waals surface area contributed by atoms with Crippen molar-refractivity contribution in [2.75, 3.05) is 0 Å². The Balaban J connectivity index is 1.92. The molecule has 276 valence electrons. The Labute approximate surface area is 311 Å². The molecule has 0 aliphatic heterocycles. The Bertz CT molecular complexity index is 1620. The molecule has 1 fully saturated rings. The first-order chi connectivity index (χ1) is 24.5. The van der Waals surface area contributed by atoms with Crippen LogP contribution in [0.2, 0.25) is 0 Å². The van der Waals surface area contributed by atoms with E-state index < -0.39 is 40.5 Å². The standard InChI is InChI=1S/C46H58N2O4/c1-30(2)28-40(45(51,36-18-10-32(5)11-19-36)37-20-12-33(6)13-21-37)48(43(50)44(42(47)49)26-9-27-44)41(29-31(3)4)46(52,38-22-14-34(7)15-23-38)39-24-16-35(8)17-25-39/h10-25,30-31,40-41,51-52H,9,26-29H2,1-8H3,(H2,47,49)/t40-,41-/m1/s1. The second-order valence-electron chi connectivity index (χ2n) is 16.3. The number of aryl methyl sites for hydroxylation is 4. The summed E-state index contributed by atoms with van der Waals surface area (Å²) in [7, 11) is 0. The van der Waals surface area contributed by atoms with E-state index in [0.717, 1.165) is 22.3 Å². The van der Waals surface area contributed by atoms with Gasteiger partial charge in [-0.3, -0.25) is 9.59 Å². The van der Waals surface area contributed by atoms with Gasteiger partial charge in [0.15, 0.2) is 0 Å². The largest absolute Gasteiger partial charge is 0.378 e. The van der Waals surface area contributed by atoms with Crippen molar-refractivity contribution in [1.82, 2.24) is 4.90 Å². The van der Waals surface area contributed by atoms with E-state index in [2.05, 4.69) is 27.7 Å². The van der Waals surface area contributed by atoms with E-state index >= 15 is 4.79 Å². The lowest BCUT2D eigenvalue weighted by atomic mass is 9.65. The predicted octanol–water partition coefficient (Wildman–Crippen LogP) is 8.41. The van der Waals surface area contributed by atoms with Gasteiger partial charge in [-0.15, -0.1) is 0 Å². The minimum absolute atomic E-state index is 0.0141. The average molecular weight is 703 g/mol. The van der Waals surface area contributed by atoms with Gasteiger partial charge in [0.25, 0.3) is 0 Å². The van der Waals surface area contributed by atoms with Gasteiger partial charge in [-0.2, -0.15) is 0 Å². The molecule has 0 bridgehead atoms. The number of hydrogen-bond acceptors (Lipinski definition) is 4. The van der Waals surface area contributed by atoms with E-state index in [1.807, 2.05) is 125 Å². The van der Waals surface area contributed by atoms with Crippen molar-refractivity contribution in [3.05, 3.63) is 142 Å². The zero-order valence-corrected chi connectivity index (χ0v) is 32.3. The molecular formula is C46H58N2O4. The highest BCUT2D eigenvalue weighted by Crippen LogP contribution is 2.50. The molecule has 2 atom stereocenters. The third kappa shape index (κ3) is 7.33. The number of nitrogens with two attached hydrogens (primary N) is 1. The fraction of sp³-hybridized carbons (Fsp3) is 0.435. The first kappa shape index (κ1) is 39.0. The van der Waals surface area contributed by atoms with Gasteiger partial charge in [-0.05, 0) is 87.5 Å². The topological polar surface area (TPSA) is 104 Å². The summed E-state index contributed by atoms with van der Waals surface area (Å²) in [6.45, 7) is 16.3. The third-order valence-corrected chi connectivity index (χ3v) is 11.3. The lowest BCUT2D eigenvalue weighted by molar-refractivity contribution is -0.174. The normalized spacial score (nSPS) is 15.6. The van der Waals surface area contributed by atoms with Crippen LogP contribution in [-0.4, -0.2) is 39.0 Å². The minimum atomic E-state index is -1.74. The maximum atomic E-state index is 15.8. The molecule has 1 aliphatic carbocycles. The summed E-state index contributed by atoms with van der Waals surface area (Å²) < 4.78 is 0. The number of rotatable bonds is 14. The fourth-order valence-electron chi connectivity index (χ4n) is 8.04. The number of nitrogens with zero attached hydrogens (tertiary/aromatic N) is 1. The fourth-order valence-corrected chi connectivity index (χ4v) is 8.04. The molecule has 1 aliphatic rings. The predicted molar refractivity (Wildman–Crippen MR) is 210 cm³/mol. The molecule has 0 saturated heterocycles. The molecule has 0 heterocycles. The van der Waals surface area contributed by atoms with E-state index in [1.165, 1.54) is 0 Å². The third-order valence-electron chi connectivity index (χ3n) is 11.3. The Morgan fingerprint density at radius 1 is 0.596 bits per heavy atom. The maximum absolute atomic E-state index is 15.8. The van der Waals surface area contributed by atoms with E-state index in [1.54, 1.807) is 4.90 Å². The molecule has 0 radical (unpaired) electrons. The molecule has 2 amide bonds. The van der Waals surface area contributed by atoms with Crippen molar-refractivity contribution in [3.63, 3.8) is 0 Å². The Morgan fingerprint density at radius 3 is 1.06 bits per heavy atom. The quantitative estimate of drug-likeness (QED) is 0.115. The summed E-state index contributed by atoms with van der Waals surface area (Å²) in [5.74, 6) is -1.07. The Kier molecular flexibility index (Phi) is 11.5. The smallest absolute Gasteiger partial charge is 0.239 e. The molecule has 0 spiro atoms. The molecule has 52 heavy (non-hydrogen) atoms. The van der Waals surface area contributed by atoms with Crippen LogP contribution in [0.4, 0.5) is 0 Å². The molecule has 4 N–H and O–H groups in total. The molecule has 5 rings (SSSR count). The van der Waals surface area contributed by atoms with Crippen LogP contribution in [0.5, 0.6) is 0 Å². The van der Waals surface area contributed by atoms with Crippen molar-refractivity contribution in [1.29, 1.82) is 0 Å². The number of benzene rings is 4. The molecule has 0 unspecified atom stereocenters. The summed E-state index contributed by atoms with van der Waals surface area (Å²) in [6.07, 6.45) is 2.09. The van der Waals surface area contributed by atoms with Gasteiger partial charge < -0.3 is 20.8 Å². The van der Waals surface area contributed by atoms with Crippen molar-refractivity contribution >= 4 is 11.8 Å². The molecular weight excluding hydrogens is 645 g/mol. The monoisotopic (exact) mass is 702 g/mol. The van der Waals surface area contributed by atoms with Crippen LogP contribution in [0.25, 0.3) is 0 Å². The first-order valence-electron chi connectivity index (χ1n) is 18.9. The summed E-state index contributed by atoms with van der Waals surface area (Å²) in [6, 6.07) is 29.5. The van der Waals surface area contributed by atoms with Crippen molar-refractivity contribution in [3.8, 4) is 0 Å². The van der Waals surface area contributed by atoms with Crippen LogP contribution in [0, 0.1) is 44.9 Å². The second-order valence-corrected chi connectivity index (χ2v) is 16.3. The molecule has 4 aromatic rings. The van der Waals surface area contributed by atoms with E-state index in [-0.39, 0.29) is 11.8 Å². The first-order valence-corrected chi connectivity index (χ1v) is 18.9. The lowest BCUT2D eigenvalue weighted by Gasteiger charge is -2.55. The van der Waals surface area contributed by atoms with E-state index in [0.29, 0.717) is 54.4 Å². The zero-order valence-electron chi connectivity index (χ0n) is 32.3. The molecule has 1 saturated carbocycles. The van der Waals surface area contributed by atoms with Crippen LogP contribution in [0.3, 0.4) is 0 Å². The van der Waals surface area contributed by atoms with Crippen molar-refractivity contribution < 1.29 is 19.8 Å². The number of carbonyl (C=O) groups excluding carboxylic acids is 2. The highest BCUT2D eigenvalue weighted by atomic mass is 16.3. The number of hydrogen-bond donors (Lipinski definition) is 3. The van der Waals surface area contributed by atoms with Gasteiger partial charge in [-0.1, -0.05) is 153 Å². The van der Waals surface area contributed by atoms with Crippen molar-refractivity contribution in [2.45, 2.75) is 111 Å². The molecule has 6 nitrogen and oxygen atoms in total. The van der Waals surface area contributed by atoms with Crippen LogP contribution in [0.15, 0.2) is 97.1 Å². The van der Waals surface area contributed by atoms with Gasteiger partial charge in [0.1, 0.15) is 16.6 Å². The second kappa shape index (κ2) is 15.4. The summed E-state index contributed by atoms with van der Waals surface area (Å²) in [5, 5.41) is 27.5. The SMILES string of the molecule is Cc1ccc(C(O)(c2ccc(C)cc2)[C@@H](CC(C)C)N(C(=O)C2(C(N)=O)CCC2)[C@H](CC(C)C)C(O)(c2ccc(C)cc2)c2ccc(C)cc2)cc1. The average Bonchev–Trinajstić information content (AvgIpc) is 3.07. The van der Waals surface area contributed by atoms with Crippen LogP contribution in [0.1, 0.15) is 104 Å². The van der Waals surface area contributed by atoms with Gasteiger partial charge >= 0.3 is 0 Å². The van der Waals surface area contributed by atoms with Gasteiger partial charge in [0, 0.05) is 0 Å². The highest BCUT2D eigenvalue weighted by molar-refractivity contribution is 6.05. The van der Waals surface area contributed by atoms with Crippen molar-refractivity contribution in [2.24, 2.45) is 23.0 Å². The number of aliphatic hydroxyl groups is 2. The van der Waals surface area contributed by atoms with Crippen LogP contribution >= 0.6 is 0 Å². The minimum Gasteiger partial charge on any atom is -0.378 e. The van der Waals surface area contributed by atoms with Gasteiger partial charge in [0.2, 0.25) is 11.8 Å². The highest BCUT2D eigenvalue weighted by Gasteiger charge is 2.59. The van der Waals surface area contributed by atoms with Crippen LogP contribution in [-0.2, 0) is 20.8 Å². The number of primary amides is 1. The van der Waals surface area contributed by atoms with E-state index in [9.17, 15) is 15.0 Å². The van der Waals surface area contributed by atoms with E-state index in [4.69, 9.17) is 5.73 Å². The van der Waals surface area contributed by atoms with Gasteiger partial charge in [-0.25, -0.2) is 0 Å².